The maximum Gasteiger partial charge on any atom is 0.0234 e. The first-order valence-corrected chi connectivity index (χ1v) is 8.04. The third-order valence-electron chi connectivity index (χ3n) is 4.67. The molecule has 0 saturated carbocycles. The van der Waals surface area contributed by atoms with Crippen molar-refractivity contribution in [2.24, 2.45) is 0 Å². The van der Waals surface area contributed by atoms with E-state index in [2.05, 4.69) is 40.4 Å². The van der Waals surface area contributed by atoms with Gasteiger partial charge in [-0.2, -0.15) is 0 Å². The van der Waals surface area contributed by atoms with Crippen LogP contribution in [0.3, 0.4) is 0 Å². The first-order valence-electron chi connectivity index (χ1n) is 8.04. The fraction of sp³-hybridized carbons (Fsp3) is 0.647. The zero-order chi connectivity index (χ0) is 13.8. The van der Waals surface area contributed by atoms with Crippen LogP contribution in [0.4, 0.5) is 0 Å². The highest BCUT2D eigenvalue weighted by Crippen LogP contribution is 2.19. The Balaban J connectivity index is 1.56. The molecule has 1 saturated heterocycles. The Morgan fingerprint density at radius 3 is 2.95 bits per heavy atom. The molecule has 0 atom stereocenters. The molecule has 1 N–H and O–H groups in total. The first kappa shape index (κ1) is 14.1. The van der Waals surface area contributed by atoms with Crippen LogP contribution in [0, 0.1) is 0 Å². The van der Waals surface area contributed by atoms with E-state index in [1.807, 2.05) is 0 Å². The normalized spacial score (nSPS) is 19.5. The lowest BCUT2D eigenvalue weighted by atomic mass is 9.95. The van der Waals surface area contributed by atoms with Crippen LogP contribution in [-0.2, 0) is 19.5 Å². The van der Waals surface area contributed by atoms with Crippen LogP contribution in [0.25, 0.3) is 0 Å². The first-order chi connectivity index (χ1) is 9.83. The maximum atomic E-state index is 3.46. The van der Waals surface area contributed by atoms with E-state index in [9.17, 15) is 0 Å². The standard InChI is InChI=1S/C17H27N3/c1-19(11-12-20-9-2-3-10-20)14-16-6-4-5-15-13-18-8-7-17(15)16/h4-6,18H,2-3,7-14H2,1H3. The fourth-order valence-electron chi connectivity index (χ4n) is 3.45. The monoisotopic (exact) mass is 273 g/mol. The number of nitrogens with zero attached hydrogens (tertiary/aromatic N) is 2. The van der Waals surface area contributed by atoms with Crippen molar-refractivity contribution in [3.63, 3.8) is 0 Å². The van der Waals surface area contributed by atoms with Gasteiger partial charge in [0, 0.05) is 26.2 Å². The van der Waals surface area contributed by atoms with E-state index in [4.69, 9.17) is 0 Å². The molecule has 0 spiro atoms. The van der Waals surface area contributed by atoms with Gasteiger partial charge in [0.2, 0.25) is 0 Å². The molecule has 0 bridgehead atoms. The highest BCUT2D eigenvalue weighted by atomic mass is 15.2. The van der Waals surface area contributed by atoms with Crippen molar-refractivity contribution >= 4 is 0 Å². The highest BCUT2D eigenvalue weighted by Gasteiger charge is 2.15. The minimum absolute atomic E-state index is 1.04. The van der Waals surface area contributed by atoms with Crippen molar-refractivity contribution in [1.82, 2.24) is 15.1 Å². The van der Waals surface area contributed by atoms with Gasteiger partial charge in [-0.15, -0.1) is 0 Å². The van der Waals surface area contributed by atoms with Crippen molar-refractivity contribution in [2.75, 3.05) is 39.8 Å². The Bertz CT molecular complexity index is 438. The van der Waals surface area contributed by atoms with Gasteiger partial charge in [-0.1, -0.05) is 18.2 Å². The average Bonchev–Trinajstić information content (AvgIpc) is 2.99. The molecule has 1 fully saturated rings. The minimum Gasteiger partial charge on any atom is -0.312 e. The summed E-state index contributed by atoms with van der Waals surface area (Å²) in [5, 5.41) is 3.46. The number of likely N-dealkylation sites (N-methyl/N-ethyl adjacent to an activating group) is 1. The molecule has 110 valence electrons. The van der Waals surface area contributed by atoms with Crippen LogP contribution in [0.5, 0.6) is 0 Å². The molecule has 0 aromatic heterocycles. The molecule has 2 aliphatic rings. The molecule has 3 nitrogen and oxygen atoms in total. The summed E-state index contributed by atoms with van der Waals surface area (Å²) in [7, 11) is 2.26. The van der Waals surface area contributed by atoms with Gasteiger partial charge in [-0.05, 0) is 62.6 Å². The van der Waals surface area contributed by atoms with Gasteiger partial charge in [-0.3, -0.25) is 0 Å². The molecule has 0 amide bonds. The van der Waals surface area contributed by atoms with Gasteiger partial charge >= 0.3 is 0 Å². The van der Waals surface area contributed by atoms with Crippen molar-refractivity contribution in [1.29, 1.82) is 0 Å². The molecule has 3 heteroatoms. The number of likely N-dealkylation sites (tertiary alicyclic amines) is 1. The van der Waals surface area contributed by atoms with Crippen molar-refractivity contribution < 1.29 is 0 Å². The predicted octanol–water partition coefficient (Wildman–Crippen LogP) is 1.86. The number of nitrogens with one attached hydrogen (secondary N) is 1. The molecule has 1 aromatic rings. The van der Waals surface area contributed by atoms with E-state index < -0.39 is 0 Å². The second-order valence-corrected chi connectivity index (χ2v) is 6.27. The number of fused-ring (bicyclic) bond motifs is 1. The van der Waals surface area contributed by atoms with Crippen LogP contribution >= 0.6 is 0 Å². The van der Waals surface area contributed by atoms with E-state index in [-0.39, 0.29) is 0 Å². The number of hydrogen-bond acceptors (Lipinski definition) is 3. The minimum atomic E-state index is 1.04. The van der Waals surface area contributed by atoms with Gasteiger partial charge in [0.15, 0.2) is 0 Å². The largest absolute Gasteiger partial charge is 0.312 e. The maximum absolute atomic E-state index is 3.46. The Morgan fingerprint density at radius 1 is 1.25 bits per heavy atom. The molecule has 0 aliphatic carbocycles. The number of benzene rings is 1. The second kappa shape index (κ2) is 6.70. The Hall–Kier alpha value is -0.900. The van der Waals surface area contributed by atoms with Crippen molar-refractivity contribution in [3.8, 4) is 0 Å². The van der Waals surface area contributed by atoms with E-state index in [0.29, 0.717) is 0 Å². The smallest absolute Gasteiger partial charge is 0.0234 e. The van der Waals surface area contributed by atoms with Crippen LogP contribution in [0.15, 0.2) is 18.2 Å². The molecule has 2 heterocycles. The summed E-state index contributed by atoms with van der Waals surface area (Å²) in [6, 6.07) is 6.81. The Labute approximate surface area is 123 Å². The molecule has 0 unspecified atom stereocenters. The van der Waals surface area contributed by atoms with Crippen LogP contribution in [0.1, 0.15) is 29.5 Å². The van der Waals surface area contributed by atoms with Crippen LogP contribution < -0.4 is 5.32 Å². The van der Waals surface area contributed by atoms with Crippen molar-refractivity contribution in [2.45, 2.75) is 32.4 Å². The average molecular weight is 273 g/mol. The Kier molecular flexibility index (Phi) is 4.71. The summed E-state index contributed by atoms with van der Waals surface area (Å²) in [5.74, 6) is 0. The van der Waals surface area contributed by atoms with Gasteiger partial charge < -0.3 is 15.1 Å². The lowest BCUT2D eigenvalue weighted by molar-refractivity contribution is 0.252. The lowest BCUT2D eigenvalue weighted by Gasteiger charge is -2.25. The SMILES string of the molecule is CN(CCN1CCCC1)Cc1cccc2c1CCNC2. The summed E-state index contributed by atoms with van der Waals surface area (Å²) in [5.41, 5.74) is 4.63. The van der Waals surface area contributed by atoms with E-state index in [1.165, 1.54) is 56.6 Å². The number of rotatable bonds is 5. The number of hydrogen-bond donors (Lipinski definition) is 1. The zero-order valence-corrected chi connectivity index (χ0v) is 12.7. The summed E-state index contributed by atoms with van der Waals surface area (Å²) in [6.45, 7) is 8.29. The molecular weight excluding hydrogens is 246 g/mol. The van der Waals surface area contributed by atoms with Gasteiger partial charge in [-0.25, -0.2) is 0 Å². The zero-order valence-electron chi connectivity index (χ0n) is 12.7. The summed E-state index contributed by atoms with van der Waals surface area (Å²) in [6.07, 6.45) is 3.97. The molecule has 3 rings (SSSR count). The molecule has 20 heavy (non-hydrogen) atoms. The molecule has 2 aliphatic heterocycles. The highest BCUT2D eigenvalue weighted by molar-refractivity contribution is 5.36. The van der Waals surface area contributed by atoms with Crippen LogP contribution in [-0.4, -0.2) is 49.6 Å². The Morgan fingerprint density at radius 2 is 2.10 bits per heavy atom. The quantitative estimate of drug-likeness (QED) is 0.883. The van der Waals surface area contributed by atoms with Crippen molar-refractivity contribution in [3.05, 3.63) is 34.9 Å². The van der Waals surface area contributed by atoms with E-state index in [1.54, 1.807) is 5.56 Å². The molecule has 0 radical (unpaired) electrons. The van der Waals surface area contributed by atoms with E-state index >= 15 is 0 Å². The van der Waals surface area contributed by atoms with Gasteiger partial charge in [0.05, 0.1) is 0 Å². The molecular formula is C17H27N3. The predicted molar refractivity (Wildman–Crippen MR) is 83.9 cm³/mol. The third kappa shape index (κ3) is 3.40. The fourth-order valence-corrected chi connectivity index (χ4v) is 3.45. The summed E-state index contributed by atoms with van der Waals surface area (Å²) in [4.78, 5) is 5.08. The lowest BCUT2D eigenvalue weighted by Crippen LogP contribution is -2.32. The summed E-state index contributed by atoms with van der Waals surface area (Å²) >= 11 is 0. The van der Waals surface area contributed by atoms with Crippen LogP contribution in [0.2, 0.25) is 0 Å². The van der Waals surface area contributed by atoms with Gasteiger partial charge in [0.1, 0.15) is 0 Å². The summed E-state index contributed by atoms with van der Waals surface area (Å²) < 4.78 is 0. The molecule has 1 aromatic carbocycles. The third-order valence-corrected chi connectivity index (χ3v) is 4.67. The van der Waals surface area contributed by atoms with Gasteiger partial charge in [0.25, 0.3) is 0 Å². The topological polar surface area (TPSA) is 18.5 Å². The second-order valence-electron chi connectivity index (χ2n) is 6.27. The van der Waals surface area contributed by atoms with E-state index in [0.717, 1.165) is 19.6 Å².